The van der Waals surface area contributed by atoms with Gasteiger partial charge in [0.15, 0.2) is 0 Å². The highest BCUT2D eigenvalue weighted by Crippen LogP contribution is 2.20. The van der Waals surface area contributed by atoms with Crippen LogP contribution in [0.25, 0.3) is 0 Å². The van der Waals surface area contributed by atoms with Crippen molar-refractivity contribution < 1.29 is 8.42 Å². The van der Waals surface area contributed by atoms with Gasteiger partial charge >= 0.3 is 0 Å². The number of hydrogen-bond donors (Lipinski definition) is 1. The number of sulfonamides is 1. The van der Waals surface area contributed by atoms with Crippen LogP contribution in [0.15, 0.2) is 18.2 Å². The summed E-state index contributed by atoms with van der Waals surface area (Å²) < 4.78 is 24.0. The summed E-state index contributed by atoms with van der Waals surface area (Å²) in [6.45, 7) is 0. The highest BCUT2D eigenvalue weighted by atomic mass is 35.5. The Hall–Kier alpha value is -1.25. The first-order chi connectivity index (χ1) is 6.42. The van der Waals surface area contributed by atoms with Crippen LogP contribution in [0.5, 0.6) is 0 Å². The Morgan fingerprint density at radius 1 is 1.50 bits per heavy atom. The number of nitrogens with zero attached hydrogens (tertiary/aromatic N) is 1. The van der Waals surface area contributed by atoms with E-state index in [1.165, 1.54) is 18.2 Å². The van der Waals surface area contributed by atoms with Gasteiger partial charge in [0.05, 0.1) is 17.5 Å². The normalized spacial score (nSPS) is 10.6. The number of halogens is 1. The lowest BCUT2D eigenvalue weighted by molar-refractivity contribution is 0.607. The van der Waals surface area contributed by atoms with Crippen LogP contribution in [0.1, 0.15) is 5.56 Å². The summed E-state index contributed by atoms with van der Waals surface area (Å²) in [4.78, 5) is 0. The van der Waals surface area contributed by atoms with Crippen LogP contribution in [0.3, 0.4) is 0 Å². The number of benzene rings is 1. The van der Waals surface area contributed by atoms with E-state index >= 15 is 0 Å². The van der Waals surface area contributed by atoms with E-state index in [-0.39, 0.29) is 11.3 Å². The van der Waals surface area contributed by atoms with E-state index in [0.29, 0.717) is 5.02 Å². The van der Waals surface area contributed by atoms with Crippen molar-refractivity contribution in [3.8, 4) is 6.07 Å². The molecule has 0 aromatic heterocycles. The molecule has 0 amide bonds. The van der Waals surface area contributed by atoms with Crippen LogP contribution in [0.4, 0.5) is 5.69 Å². The maximum Gasteiger partial charge on any atom is 0.229 e. The molecule has 1 N–H and O–H groups in total. The summed E-state index contributed by atoms with van der Waals surface area (Å²) in [7, 11) is -3.39. The Morgan fingerprint density at radius 3 is 2.64 bits per heavy atom. The lowest BCUT2D eigenvalue weighted by atomic mass is 10.2. The fraction of sp³-hybridized carbons (Fsp3) is 0.125. The predicted octanol–water partition coefficient (Wildman–Crippen LogP) is 1.58. The first-order valence-electron chi connectivity index (χ1n) is 3.60. The lowest BCUT2D eigenvalue weighted by Crippen LogP contribution is -2.10. The molecule has 0 spiro atoms. The average molecular weight is 231 g/mol. The lowest BCUT2D eigenvalue weighted by Gasteiger charge is -2.05. The molecule has 0 unspecified atom stereocenters. The summed E-state index contributed by atoms with van der Waals surface area (Å²) in [5, 5.41) is 9.05. The van der Waals surface area contributed by atoms with Crippen molar-refractivity contribution in [3.05, 3.63) is 28.8 Å². The second kappa shape index (κ2) is 3.86. The van der Waals surface area contributed by atoms with Gasteiger partial charge in [-0.1, -0.05) is 11.6 Å². The Kier molecular flexibility index (Phi) is 2.99. The van der Waals surface area contributed by atoms with Gasteiger partial charge < -0.3 is 0 Å². The molecule has 0 heterocycles. The topological polar surface area (TPSA) is 70.0 Å². The Labute approximate surface area is 87.2 Å². The summed E-state index contributed by atoms with van der Waals surface area (Å²) in [6, 6.07) is 6.23. The largest absolute Gasteiger partial charge is 0.282 e. The molecule has 0 saturated heterocycles. The van der Waals surface area contributed by atoms with Crippen molar-refractivity contribution in [3.63, 3.8) is 0 Å². The maximum absolute atomic E-state index is 10.9. The van der Waals surface area contributed by atoms with Crippen LogP contribution in [-0.2, 0) is 10.0 Å². The van der Waals surface area contributed by atoms with E-state index in [4.69, 9.17) is 16.9 Å². The minimum absolute atomic E-state index is 0.197. The monoisotopic (exact) mass is 230 g/mol. The van der Waals surface area contributed by atoms with Gasteiger partial charge in [0.1, 0.15) is 6.07 Å². The first-order valence-corrected chi connectivity index (χ1v) is 5.87. The number of hydrogen-bond acceptors (Lipinski definition) is 3. The second-order valence-corrected chi connectivity index (χ2v) is 4.86. The standard InChI is InChI=1S/C8H7ClN2O2S/c1-14(12,13)11-8-4-7(9)3-2-6(8)5-10/h2-4,11H,1H3. The minimum Gasteiger partial charge on any atom is -0.282 e. The molecular weight excluding hydrogens is 224 g/mol. The van der Waals surface area contributed by atoms with Crippen LogP contribution in [0, 0.1) is 11.3 Å². The zero-order valence-corrected chi connectivity index (χ0v) is 8.85. The van der Waals surface area contributed by atoms with Crippen LogP contribution < -0.4 is 4.72 Å². The molecule has 0 aliphatic heterocycles. The molecular formula is C8H7ClN2O2S. The van der Waals surface area contributed by atoms with E-state index in [1.807, 2.05) is 6.07 Å². The van der Waals surface area contributed by atoms with Crippen LogP contribution in [-0.4, -0.2) is 14.7 Å². The molecule has 4 nitrogen and oxygen atoms in total. The SMILES string of the molecule is CS(=O)(=O)Nc1cc(Cl)ccc1C#N. The molecule has 1 aromatic rings. The summed E-state index contributed by atoms with van der Waals surface area (Å²) in [5.41, 5.74) is 0.433. The number of nitrogens with one attached hydrogen (secondary N) is 1. The Balaban J connectivity index is 3.20. The number of nitriles is 1. The van der Waals surface area contributed by atoms with Gasteiger partial charge in [0, 0.05) is 5.02 Å². The molecule has 0 saturated carbocycles. The van der Waals surface area contributed by atoms with E-state index in [1.54, 1.807) is 0 Å². The van der Waals surface area contributed by atoms with E-state index in [0.717, 1.165) is 6.26 Å². The van der Waals surface area contributed by atoms with Gasteiger partial charge in [0.25, 0.3) is 0 Å². The molecule has 0 bridgehead atoms. The maximum atomic E-state index is 10.9. The van der Waals surface area contributed by atoms with E-state index in [2.05, 4.69) is 4.72 Å². The van der Waals surface area contributed by atoms with Gasteiger partial charge in [-0.15, -0.1) is 0 Å². The van der Waals surface area contributed by atoms with Gasteiger partial charge in [-0.3, -0.25) is 4.72 Å². The predicted molar refractivity (Wildman–Crippen MR) is 54.6 cm³/mol. The van der Waals surface area contributed by atoms with Gasteiger partial charge in [-0.25, -0.2) is 8.42 Å². The molecule has 0 radical (unpaired) electrons. The third-order valence-electron chi connectivity index (χ3n) is 1.40. The minimum atomic E-state index is -3.39. The molecule has 74 valence electrons. The fourth-order valence-electron chi connectivity index (χ4n) is 0.898. The smallest absolute Gasteiger partial charge is 0.229 e. The summed E-state index contributed by atoms with van der Waals surface area (Å²) >= 11 is 5.66. The van der Waals surface area contributed by atoms with Crippen molar-refractivity contribution in [2.45, 2.75) is 0 Å². The summed E-state index contributed by atoms with van der Waals surface area (Å²) in [6.07, 6.45) is 1.01. The van der Waals surface area contributed by atoms with Gasteiger partial charge in [-0.2, -0.15) is 5.26 Å². The van der Waals surface area contributed by atoms with Crippen LogP contribution in [0.2, 0.25) is 5.02 Å². The average Bonchev–Trinajstić information content (AvgIpc) is 2.01. The Bertz CT molecular complexity index is 491. The second-order valence-electron chi connectivity index (χ2n) is 2.68. The Morgan fingerprint density at radius 2 is 2.14 bits per heavy atom. The molecule has 0 fully saturated rings. The van der Waals surface area contributed by atoms with Crippen molar-refractivity contribution in [1.29, 1.82) is 5.26 Å². The van der Waals surface area contributed by atoms with E-state index < -0.39 is 10.0 Å². The third kappa shape index (κ3) is 2.91. The van der Waals surface area contributed by atoms with Crippen molar-refractivity contribution in [2.24, 2.45) is 0 Å². The van der Waals surface area contributed by atoms with Crippen molar-refractivity contribution >= 4 is 27.3 Å². The van der Waals surface area contributed by atoms with Gasteiger partial charge in [0.2, 0.25) is 10.0 Å². The first kappa shape index (κ1) is 10.8. The van der Waals surface area contributed by atoms with Crippen molar-refractivity contribution in [2.75, 3.05) is 11.0 Å². The van der Waals surface area contributed by atoms with E-state index in [9.17, 15) is 8.42 Å². The number of rotatable bonds is 2. The molecule has 0 aliphatic rings. The highest BCUT2D eigenvalue weighted by molar-refractivity contribution is 7.92. The number of anilines is 1. The zero-order valence-electron chi connectivity index (χ0n) is 7.28. The van der Waals surface area contributed by atoms with Gasteiger partial charge in [-0.05, 0) is 18.2 Å². The molecule has 1 aromatic carbocycles. The fourth-order valence-corrected chi connectivity index (χ4v) is 1.64. The quantitative estimate of drug-likeness (QED) is 0.839. The molecule has 14 heavy (non-hydrogen) atoms. The molecule has 0 aliphatic carbocycles. The summed E-state index contributed by atoms with van der Waals surface area (Å²) in [5.74, 6) is 0. The molecule has 6 heteroatoms. The zero-order chi connectivity index (χ0) is 10.8. The molecule has 1 rings (SSSR count). The molecule has 0 atom stereocenters. The highest BCUT2D eigenvalue weighted by Gasteiger charge is 2.07. The third-order valence-corrected chi connectivity index (χ3v) is 2.22. The van der Waals surface area contributed by atoms with Crippen molar-refractivity contribution in [1.82, 2.24) is 0 Å². The van der Waals surface area contributed by atoms with Crippen LogP contribution >= 0.6 is 11.6 Å².